The molecule has 0 radical (unpaired) electrons. The molecule has 0 aromatic carbocycles. The Kier molecular flexibility index (Phi) is 18.0. The van der Waals surface area contributed by atoms with E-state index >= 15 is 0 Å². The van der Waals surface area contributed by atoms with Crippen molar-refractivity contribution in [1.29, 1.82) is 0 Å². The molecule has 1 atom stereocenters. The van der Waals surface area contributed by atoms with Crippen molar-refractivity contribution in [2.45, 2.75) is 46.5 Å². The summed E-state index contributed by atoms with van der Waals surface area (Å²) in [6.45, 7) is 6.76. The third-order valence-corrected chi connectivity index (χ3v) is 2.20. The lowest BCUT2D eigenvalue weighted by molar-refractivity contribution is 0.0571. The van der Waals surface area contributed by atoms with Crippen molar-refractivity contribution in [2.24, 2.45) is 0 Å². The lowest BCUT2D eigenvalue weighted by Gasteiger charge is -2.03. The van der Waals surface area contributed by atoms with Crippen molar-refractivity contribution < 1.29 is 28.3 Å². The summed E-state index contributed by atoms with van der Waals surface area (Å²) < 4.78 is 23.7. The Morgan fingerprint density at radius 3 is 2.06 bits per heavy atom. The van der Waals surface area contributed by atoms with Crippen molar-refractivity contribution in [2.75, 3.05) is 19.8 Å². The molecule has 0 aromatic heterocycles. The van der Waals surface area contributed by atoms with E-state index in [0.717, 1.165) is 0 Å². The number of carbonyl (C=O) groups excluding carboxylic acids is 1. The molecule has 7 heteroatoms. The quantitative estimate of drug-likeness (QED) is 0.419. The van der Waals surface area contributed by atoms with Crippen molar-refractivity contribution in [3.8, 4) is 0 Å². The average molecular weight is 284 g/mol. The molecule has 0 fully saturated rings. The van der Waals surface area contributed by atoms with Crippen LogP contribution in [0.1, 0.15) is 46.5 Å². The van der Waals surface area contributed by atoms with Gasteiger partial charge in [0.2, 0.25) is 0 Å². The highest BCUT2D eigenvalue weighted by Crippen LogP contribution is 2.14. The summed E-state index contributed by atoms with van der Waals surface area (Å²) in [5.41, 5.74) is 0. The van der Waals surface area contributed by atoms with E-state index in [4.69, 9.17) is 4.89 Å². The molecule has 0 rings (SSSR count). The van der Waals surface area contributed by atoms with E-state index in [1.54, 1.807) is 6.92 Å². The van der Waals surface area contributed by atoms with Gasteiger partial charge in [-0.15, -0.1) is 0 Å². The zero-order chi connectivity index (χ0) is 14.2. The molecule has 18 heavy (non-hydrogen) atoms. The predicted molar refractivity (Wildman–Crippen MR) is 70.0 cm³/mol. The standard InChI is InChI=1S/C7H15O6P.C4H10/c1-2-11-7(8)12-5-3-4-6-13-14(9)10;1-3-4-2/h14H,2-6H2,1H3,(H,9,10);3-4H2,1-2H3. The molecule has 1 N–H and O–H groups in total. The molecule has 0 spiro atoms. The number of ether oxygens (including phenoxy) is 2. The van der Waals surface area contributed by atoms with Gasteiger partial charge in [0, 0.05) is 0 Å². The summed E-state index contributed by atoms with van der Waals surface area (Å²) in [7, 11) is -2.83. The van der Waals surface area contributed by atoms with E-state index < -0.39 is 14.4 Å². The van der Waals surface area contributed by atoms with E-state index in [9.17, 15) is 9.36 Å². The van der Waals surface area contributed by atoms with Crippen LogP contribution in [-0.4, -0.2) is 30.9 Å². The van der Waals surface area contributed by atoms with Gasteiger partial charge < -0.3 is 18.9 Å². The number of carbonyl (C=O) groups is 1. The molecule has 0 saturated carbocycles. The number of unbranched alkanes of at least 4 members (excludes halogenated alkanes) is 2. The topological polar surface area (TPSA) is 82.1 Å². The minimum absolute atomic E-state index is 0.195. The summed E-state index contributed by atoms with van der Waals surface area (Å²) in [5.74, 6) is 0. The highest BCUT2D eigenvalue weighted by Gasteiger charge is 2.00. The molecule has 0 aromatic rings. The monoisotopic (exact) mass is 284 g/mol. The average Bonchev–Trinajstić information content (AvgIpc) is 2.34. The second-order valence-electron chi connectivity index (χ2n) is 3.35. The van der Waals surface area contributed by atoms with E-state index in [0.29, 0.717) is 12.8 Å². The molecule has 0 heterocycles. The van der Waals surface area contributed by atoms with E-state index in [1.165, 1.54) is 12.8 Å². The van der Waals surface area contributed by atoms with Crippen molar-refractivity contribution in [3.63, 3.8) is 0 Å². The first kappa shape index (κ1) is 19.8. The highest BCUT2D eigenvalue weighted by molar-refractivity contribution is 7.32. The van der Waals surface area contributed by atoms with Crippen LogP contribution in [0, 0.1) is 0 Å². The van der Waals surface area contributed by atoms with Crippen molar-refractivity contribution in [1.82, 2.24) is 0 Å². The van der Waals surface area contributed by atoms with Crippen LogP contribution in [0.5, 0.6) is 0 Å². The first-order valence-corrected chi connectivity index (χ1v) is 7.50. The fourth-order valence-corrected chi connectivity index (χ4v) is 0.998. The SMILES string of the molecule is CCCC.CCOC(=O)OCCCCO[PH](=O)O. The van der Waals surface area contributed by atoms with E-state index in [-0.39, 0.29) is 19.8 Å². The summed E-state index contributed by atoms with van der Waals surface area (Å²) in [6, 6.07) is 0. The second-order valence-corrected chi connectivity index (χ2v) is 4.17. The van der Waals surface area contributed by atoms with Gasteiger partial charge in [-0.1, -0.05) is 26.7 Å². The molecule has 6 nitrogen and oxygen atoms in total. The Balaban J connectivity index is 0. The van der Waals surface area contributed by atoms with Gasteiger partial charge in [-0.05, 0) is 19.8 Å². The third kappa shape index (κ3) is 20.8. The fraction of sp³-hybridized carbons (Fsp3) is 0.909. The van der Waals surface area contributed by atoms with E-state index in [1.807, 2.05) is 0 Å². The van der Waals surface area contributed by atoms with Gasteiger partial charge in [-0.25, -0.2) is 4.79 Å². The first-order valence-electron chi connectivity index (χ1n) is 6.23. The summed E-state index contributed by atoms with van der Waals surface area (Å²) in [6.07, 6.45) is 3.09. The summed E-state index contributed by atoms with van der Waals surface area (Å²) in [5, 5.41) is 0. The highest BCUT2D eigenvalue weighted by atomic mass is 31.1. The van der Waals surface area contributed by atoms with Crippen LogP contribution in [0.2, 0.25) is 0 Å². The lowest BCUT2D eigenvalue weighted by Crippen LogP contribution is -2.08. The number of hydrogen-bond acceptors (Lipinski definition) is 5. The normalized spacial score (nSPS) is 11.1. The maximum absolute atomic E-state index is 10.6. The molecule has 0 aliphatic heterocycles. The summed E-state index contributed by atoms with van der Waals surface area (Å²) >= 11 is 0. The Morgan fingerprint density at radius 2 is 1.61 bits per heavy atom. The van der Waals surface area contributed by atoms with Gasteiger partial charge in [-0.3, -0.25) is 4.57 Å². The van der Waals surface area contributed by atoms with Gasteiger partial charge in [0.25, 0.3) is 0 Å². The molecule has 0 saturated heterocycles. The molecule has 110 valence electrons. The van der Waals surface area contributed by atoms with Crippen LogP contribution in [0.25, 0.3) is 0 Å². The Morgan fingerprint density at radius 1 is 1.06 bits per heavy atom. The first-order chi connectivity index (χ1) is 8.58. The van der Waals surface area contributed by atoms with Crippen LogP contribution >= 0.6 is 8.25 Å². The van der Waals surface area contributed by atoms with Crippen LogP contribution < -0.4 is 0 Å². The zero-order valence-electron chi connectivity index (χ0n) is 11.4. The Labute approximate surface area is 110 Å². The maximum Gasteiger partial charge on any atom is 0.508 e. The van der Waals surface area contributed by atoms with Gasteiger partial charge in [0.15, 0.2) is 0 Å². The Bertz CT molecular complexity index is 208. The molecule has 0 amide bonds. The predicted octanol–water partition coefficient (Wildman–Crippen LogP) is 3.14. The Hall–Kier alpha value is -0.580. The van der Waals surface area contributed by atoms with Crippen molar-refractivity contribution in [3.05, 3.63) is 0 Å². The number of rotatable bonds is 8. The zero-order valence-corrected chi connectivity index (χ0v) is 12.4. The van der Waals surface area contributed by atoms with E-state index in [2.05, 4.69) is 27.8 Å². The van der Waals surface area contributed by atoms with Crippen LogP contribution in [0.4, 0.5) is 4.79 Å². The summed E-state index contributed by atoms with van der Waals surface area (Å²) in [4.78, 5) is 18.9. The molecular weight excluding hydrogens is 259 g/mol. The smallest absolute Gasteiger partial charge is 0.435 e. The molecule has 1 unspecified atom stereocenters. The maximum atomic E-state index is 10.6. The minimum Gasteiger partial charge on any atom is -0.435 e. The molecule has 0 aliphatic rings. The van der Waals surface area contributed by atoms with Gasteiger partial charge in [0.1, 0.15) is 0 Å². The largest absolute Gasteiger partial charge is 0.508 e. The van der Waals surface area contributed by atoms with Crippen LogP contribution in [0.15, 0.2) is 0 Å². The third-order valence-electron chi connectivity index (χ3n) is 1.75. The molecular formula is C11H25O6P. The second kappa shape index (κ2) is 16.4. The molecule has 0 bridgehead atoms. The fourth-order valence-electron chi connectivity index (χ4n) is 0.679. The minimum atomic E-state index is -2.83. The van der Waals surface area contributed by atoms with Gasteiger partial charge in [0.05, 0.1) is 19.8 Å². The molecule has 0 aliphatic carbocycles. The number of hydrogen-bond donors (Lipinski definition) is 1. The van der Waals surface area contributed by atoms with Crippen LogP contribution in [-0.2, 0) is 18.6 Å². The van der Waals surface area contributed by atoms with Crippen molar-refractivity contribution >= 4 is 14.4 Å². The lowest BCUT2D eigenvalue weighted by atomic mass is 10.3. The van der Waals surface area contributed by atoms with Crippen LogP contribution in [0.3, 0.4) is 0 Å². The van der Waals surface area contributed by atoms with Gasteiger partial charge >= 0.3 is 14.4 Å². The van der Waals surface area contributed by atoms with Gasteiger partial charge in [-0.2, -0.15) is 0 Å².